The maximum Gasteiger partial charge on any atom is 0.268 e. The van der Waals surface area contributed by atoms with Gasteiger partial charge in [0.1, 0.15) is 5.69 Å². The largest absolute Gasteiger partial charge is 0.348 e. The first-order valence-corrected chi connectivity index (χ1v) is 11.3. The van der Waals surface area contributed by atoms with Crippen LogP contribution in [0.3, 0.4) is 0 Å². The van der Waals surface area contributed by atoms with Gasteiger partial charge in [-0.05, 0) is 44.9 Å². The van der Waals surface area contributed by atoms with Crippen molar-refractivity contribution in [3.05, 3.63) is 47.5 Å². The molecule has 3 heterocycles. The van der Waals surface area contributed by atoms with Gasteiger partial charge in [-0.15, -0.1) is 0 Å². The van der Waals surface area contributed by atoms with Crippen LogP contribution in [0, 0.1) is 0 Å². The van der Waals surface area contributed by atoms with Crippen molar-refractivity contribution in [2.75, 3.05) is 13.6 Å². The summed E-state index contributed by atoms with van der Waals surface area (Å²) in [5, 5.41) is 8.28. The number of nitrogens with zero attached hydrogens (tertiary/aromatic N) is 4. The number of fused-ring (bicyclic) bond motifs is 1. The standard InChI is InChI=1S/C24H30N6O3/c1-15(31)19-9-10-20(27-19)22(32)28-24(2,3)14-29(4)23(33)17-11-16-13-26-30(21(16)25-12-17)18-7-5-6-8-18/h9-13,18,27H,5-8,14H2,1-4H3,(H,28,32). The van der Waals surface area contributed by atoms with Gasteiger partial charge >= 0.3 is 0 Å². The van der Waals surface area contributed by atoms with E-state index in [-0.39, 0.29) is 24.1 Å². The lowest BCUT2D eigenvalue weighted by Gasteiger charge is -2.31. The van der Waals surface area contributed by atoms with E-state index < -0.39 is 5.54 Å². The molecule has 1 aliphatic carbocycles. The Morgan fingerprint density at radius 1 is 1.18 bits per heavy atom. The molecule has 0 atom stereocenters. The molecule has 0 aromatic carbocycles. The molecule has 0 aliphatic heterocycles. The second kappa shape index (κ2) is 8.80. The van der Waals surface area contributed by atoms with Crippen LogP contribution in [0.5, 0.6) is 0 Å². The van der Waals surface area contributed by atoms with Crippen molar-refractivity contribution in [1.82, 2.24) is 30.0 Å². The summed E-state index contributed by atoms with van der Waals surface area (Å²) in [7, 11) is 1.70. The zero-order valence-electron chi connectivity index (χ0n) is 19.5. The van der Waals surface area contributed by atoms with Crippen molar-refractivity contribution in [2.45, 2.75) is 58.0 Å². The summed E-state index contributed by atoms with van der Waals surface area (Å²) in [6.45, 7) is 5.41. The first-order valence-electron chi connectivity index (χ1n) is 11.3. The van der Waals surface area contributed by atoms with Gasteiger partial charge in [0.15, 0.2) is 11.4 Å². The monoisotopic (exact) mass is 450 g/mol. The Balaban J connectivity index is 1.42. The highest BCUT2D eigenvalue weighted by atomic mass is 16.2. The van der Waals surface area contributed by atoms with E-state index in [0.717, 1.165) is 23.9 Å². The van der Waals surface area contributed by atoms with E-state index in [9.17, 15) is 14.4 Å². The zero-order valence-corrected chi connectivity index (χ0v) is 19.5. The molecule has 2 N–H and O–H groups in total. The Hall–Kier alpha value is -3.49. The summed E-state index contributed by atoms with van der Waals surface area (Å²) in [4.78, 5) is 46.0. The summed E-state index contributed by atoms with van der Waals surface area (Å²) >= 11 is 0. The number of hydrogen-bond acceptors (Lipinski definition) is 5. The van der Waals surface area contributed by atoms with Crippen LogP contribution in [-0.4, -0.2) is 61.4 Å². The van der Waals surface area contributed by atoms with Gasteiger partial charge in [0.2, 0.25) is 0 Å². The molecule has 1 saturated carbocycles. The Morgan fingerprint density at radius 2 is 1.88 bits per heavy atom. The molecule has 9 nitrogen and oxygen atoms in total. The van der Waals surface area contributed by atoms with Crippen LogP contribution in [0.2, 0.25) is 0 Å². The number of Topliss-reactive ketones (excluding diaryl/α,β-unsaturated/α-hetero) is 1. The molecule has 3 aromatic heterocycles. The van der Waals surface area contributed by atoms with Gasteiger partial charge in [-0.2, -0.15) is 5.10 Å². The molecular formula is C24H30N6O3. The van der Waals surface area contributed by atoms with Crippen LogP contribution in [0.25, 0.3) is 11.0 Å². The molecule has 1 aliphatic rings. The van der Waals surface area contributed by atoms with Gasteiger partial charge in [0.25, 0.3) is 11.8 Å². The Morgan fingerprint density at radius 3 is 2.55 bits per heavy atom. The minimum atomic E-state index is -0.701. The van der Waals surface area contributed by atoms with E-state index in [0.29, 0.717) is 23.0 Å². The summed E-state index contributed by atoms with van der Waals surface area (Å²) in [5.74, 6) is -0.659. The van der Waals surface area contributed by atoms with Crippen LogP contribution in [-0.2, 0) is 0 Å². The van der Waals surface area contributed by atoms with Gasteiger partial charge in [-0.25, -0.2) is 9.67 Å². The highest BCUT2D eigenvalue weighted by Gasteiger charge is 2.27. The molecule has 0 radical (unpaired) electrons. The minimum absolute atomic E-state index is 0.141. The second-order valence-electron chi connectivity index (χ2n) is 9.51. The molecule has 0 spiro atoms. The van der Waals surface area contributed by atoms with E-state index >= 15 is 0 Å². The fourth-order valence-corrected chi connectivity index (χ4v) is 4.51. The number of amides is 2. The summed E-state index contributed by atoms with van der Waals surface area (Å²) in [6, 6.07) is 5.37. The van der Waals surface area contributed by atoms with E-state index in [2.05, 4.69) is 20.4 Å². The van der Waals surface area contributed by atoms with Crippen molar-refractivity contribution in [3.63, 3.8) is 0 Å². The molecule has 0 bridgehead atoms. The summed E-state index contributed by atoms with van der Waals surface area (Å²) in [5.41, 5.74) is 1.27. The first-order chi connectivity index (χ1) is 15.6. The SMILES string of the molecule is CC(=O)c1ccc(C(=O)NC(C)(C)CN(C)C(=O)c2cnc3c(cnn3C3CCCC3)c2)[nH]1. The van der Waals surface area contributed by atoms with Gasteiger partial charge in [-0.3, -0.25) is 14.4 Å². The molecule has 0 unspecified atom stereocenters. The van der Waals surface area contributed by atoms with Crippen LogP contribution in [0.4, 0.5) is 0 Å². The maximum absolute atomic E-state index is 13.1. The highest BCUT2D eigenvalue weighted by molar-refractivity contribution is 5.98. The van der Waals surface area contributed by atoms with Crippen molar-refractivity contribution in [1.29, 1.82) is 0 Å². The molecule has 3 aromatic rings. The third-order valence-electron chi connectivity index (χ3n) is 6.09. The van der Waals surface area contributed by atoms with E-state index in [4.69, 9.17) is 0 Å². The van der Waals surface area contributed by atoms with Gasteiger partial charge in [0, 0.05) is 32.1 Å². The van der Waals surface area contributed by atoms with Gasteiger partial charge < -0.3 is 15.2 Å². The van der Waals surface area contributed by atoms with E-state index in [1.165, 1.54) is 19.8 Å². The molecule has 9 heteroatoms. The number of H-pyrrole nitrogens is 1. The second-order valence-corrected chi connectivity index (χ2v) is 9.51. The Labute approximate surface area is 192 Å². The predicted molar refractivity (Wildman–Crippen MR) is 124 cm³/mol. The quantitative estimate of drug-likeness (QED) is 0.536. The van der Waals surface area contributed by atoms with Crippen molar-refractivity contribution in [2.24, 2.45) is 0 Å². The molecular weight excluding hydrogens is 420 g/mol. The molecule has 174 valence electrons. The van der Waals surface area contributed by atoms with E-state index in [1.54, 1.807) is 36.5 Å². The van der Waals surface area contributed by atoms with Crippen LogP contribution >= 0.6 is 0 Å². The summed E-state index contributed by atoms with van der Waals surface area (Å²) < 4.78 is 1.98. The number of carbonyl (C=O) groups is 3. The number of carbonyl (C=O) groups excluding carboxylic acids is 3. The minimum Gasteiger partial charge on any atom is -0.348 e. The molecule has 33 heavy (non-hydrogen) atoms. The highest BCUT2D eigenvalue weighted by Crippen LogP contribution is 2.31. The third-order valence-corrected chi connectivity index (χ3v) is 6.09. The van der Waals surface area contributed by atoms with Crippen molar-refractivity contribution < 1.29 is 14.4 Å². The van der Waals surface area contributed by atoms with Crippen molar-refractivity contribution in [3.8, 4) is 0 Å². The lowest BCUT2D eigenvalue weighted by molar-refractivity contribution is 0.0729. The molecule has 4 rings (SSSR count). The van der Waals surface area contributed by atoms with Gasteiger partial charge in [0.05, 0.1) is 29.0 Å². The lowest BCUT2D eigenvalue weighted by atomic mass is 10.0. The number of aromatic amines is 1. The molecule has 1 fully saturated rings. The average Bonchev–Trinajstić information content (AvgIpc) is 3.51. The zero-order chi connectivity index (χ0) is 23.8. The predicted octanol–water partition coefficient (Wildman–Crippen LogP) is 3.36. The number of aromatic nitrogens is 4. The lowest BCUT2D eigenvalue weighted by Crippen LogP contribution is -2.52. The molecule has 2 amide bonds. The van der Waals surface area contributed by atoms with Crippen LogP contribution in [0.1, 0.15) is 83.8 Å². The van der Waals surface area contributed by atoms with Crippen LogP contribution in [0.15, 0.2) is 30.6 Å². The third kappa shape index (κ3) is 4.81. The number of rotatable bonds is 7. The van der Waals surface area contributed by atoms with Gasteiger partial charge in [-0.1, -0.05) is 12.8 Å². The first kappa shape index (κ1) is 22.7. The summed E-state index contributed by atoms with van der Waals surface area (Å²) in [6.07, 6.45) is 8.01. The number of nitrogens with one attached hydrogen (secondary N) is 2. The average molecular weight is 451 g/mol. The normalized spacial score (nSPS) is 14.5. The maximum atomic E-state index is 13.1. The number of ketones is 1. The van der Waals surface area contributed by atoms with E-state index in [1.807, 2.05) is 24.6 Å². The number of pyridine rings is 1. The van der Waals surface area contributed by atoms with Crippen LogP contribution < -0.4 is 5.32 Å². The van der Waals surface area contributed by atoms with Crippen molar-refractivity contribution >= 4 is 28.6 Å². The topological polar surface area (TPSA) is 113 Å². The smallest absolute Gasteiger partial charge is 0.268 e. The Kier molecular flexibility index (Phi) is 6.05. The fourth-order valence-electron chi connectivity index (χ4n) is 4.51. The Bertz CT molecular complexity index is 1200. The molecule has 0 saturated heterocycles. The number of hydrogen-bond donors (Lipinski definition) is 2. The fraction of sp³-hybridized carbons (Fsp3) is 0.458. The number of likely N-dealkylation sites (N-methyl/N-ethyl adjacent to an activating group) is 1.